The molecule has 2 unspecified atom stereocenters. The summed E-state index contributed by atoms with van der Waals surface area (Å²) in [5.74, 6) is 0.805. The van der Waals surface area contributed by atoms with Crippen molar-refractivity contribution in [1.29, 1.82) is 0 Å². The zero-order valence-electron chi connectivity index (χ0n) is 12.5. The largest absolute Gasteiger partial charge is 0.381 e. The van der Waals surface area contributed by atoms with Gasteiger partial charge in [0.05, 0.1) is 18.2 Å². The SMILES string of the molecule is CC1CCCN(Cc2csc(NC(=O)C3CCOC3)n2)C1. The van der Waals surface area contributed by atoms with Gasteiger partial charge in [-0.05, 0) is 31.7 Å². The van der Waals surface area contributed by atoms with Crippen LogP contribution in [0.3, 0.4) is 0 Å². The molecular formula is C15H23N3O2S. The maximum Gasteiger partial charge on any atom is 0.231 e. The van der Waals surface area contributed by atoms with Crippen molar-refractivity contribution in [2.45, 2.75) is 32.7 Å². The zero-order chi connectivity index (χ0) is 14.7. The van der Waals surface area contributed by atoms with Crippen LogP contribution in [-0.4, -0.2) is 42.1 Å². The van der Waals surface area contributed by atoms with Crippen LogP contribution in [0, 0.1) is 11.8 Å². The lowest BCUT2D eigenvalue weighted by atomic mass is 10.0. The first-order chi connectivity index (χ1) is 10.2. The van der Waals surface area contributed by atoms with Crippen molar-refractivity contribution >= 4 is 22.4 Å². The highest BCUT2D eigenvalue weighted by Crippen LogP contribution is 2.22. The molecule has 0 aromatic carbocycles. The molecule has 2 aliphatic heterocycles. The minimum atomic E-state index is -0.0136. The van der Waals surface area contributed by atoms with E-state index in [1.54, 1.807) is 0 Å². The Morgan fingerprint density at radius 2 is 2.48 bits per heavy atom. The predicted molar refractivity (Wildman–Crippen MR) is 83.3 cm³/mol. The molecule has 2 aliphatic rings. The second kappa shape index (κ2) is 6.85. The fourth-order valence-corrected chi connectivity index (χ4v) is 3.75. The van der Waals surface area contributed by atoms with Crippen molar-refractivity contribution in [2.24, 2.45) is 11.8 Å². The molecule has 0 radical (unpaired) electrons. The van der Waals surface area contributed by atoms with Crippen molar-refractivity contribution < 1.29 is 9.53 Å². The monoisotopic (exact) mass is 309 g/mol. The zero-order valence-corrected chi connectivity index (χ0v) is 13.3. The Morgan fingerprint density at radius 3 is 3.24 bits per heavy atom. The summed E-state index contributed by atoms with van der Waals surface area (Å²) in [6.45, 7) is 6.73. The van der Waals surface area contributed by atoms with Crippen LogP contribution in [0.25, 0.3) is 0 Å². The van der Waals surface area contributed by atoms with Gasteiger partial charge in [-0.15, -0.1) is 11.3 Å². The number of ether oxygens (including phenoxy) is 1. The Balaban J connectivity index is 1.52. The number of likely N-dealkylation sites (tertiary alicyclic amines) is 1. The van der Waals surface area contributed by atoms with E-state index in [1.807, 2.05) is 0 Å². The average molecular weight is 309 g/mol. The molecule has 0 saturated carbocycles. The van der Waals surface area contributed by atoms with Crippen molar-refractivity contribution in [1.82, 2.24) is 9.88 Å². The third kappa shape index (κ3) is 4.02. The Kier molecular flexibility index (Phi) is 4.87. The molecule has 2 atom stereocenters. The van der Waals surface area contributed by atoms with Gasteiger partial charge < -0.3 is 10.1 Å². The van der Waals surface area contributed by atoms with Crippen LogP contribution in [0.15, 0.2) is 5.38 Å². The summed E-state index contributed by atoms with van der Waals surface area (Å²) in [7, 11) is 0. The number of aromatic nitrogens is 1. The lowest BCUT2D eigenvalue weighted by Gasteiger charge is -2.30. The molecule has 2 saturated heterocycles. The molecule has 3 rings (SSSR count). The highest BCUT2D eigenvalue weighted by Gasteiger charge is 2.24. The maximum absolute atomic E-state index is 12.0. The van der Waals surface area contributed by atoms with Crippen molar-refractivity contribution in [3.8, 4) is 0 Å². The normalized spacial score (nSPS) is 26.9. The van der Waals surface area contributed by atoms with E-state index >= 15 is 0 Å². The number of carbonyl (C=O) groups is 1. The Bertz CT molecular complexity index is 485. The van der Waals surface area contributed by atoms with Gasteiger partial charge in [0.1, 0.15) is 0 Å². The number of amides is 1. The number of carbonyl (C=O) groups excluding carboxylic acids is 1. The van der Waals surface area contributed by atoms with Crippen molar-refractivity contribution in [3.05, 3.63) is 11.1 Å². The molecule has 1 N–H and O–H groups in total. The maximum atomic E-state index is 12.0. The van der Waals surface area contributed by atoms with Crippen molar-refractivity contribution in [2.75, 3.05) is 31.6 Å². The second-order valence-corrected chi connectivity index (χ2v) is 7.03. The number of nitrogens with zero attached hydrogens (tertiary/aromatic N) is 2. The summed E-state index contributed by atoms with van der Waals surface area (Å²) in [6, 6.07) is 0. The first-order valence-corrected chi connectivity index (χ1v) is 8.64. The highest BCUT2D eigenvalue weighted by molar-refractivity contribution is 7.13. The number of hydrogen-bond donors (Lipinski definition) is 1. The highest BCUT2D eigenvalue weighted by atomic mass is 32.1. The molecular weight excluding hydrogens is 286 g/mol. The molecule has 1 aromatic rings. The molecule has 6 heteroatoms. The number of anilines is 1. The van der Waals surface area contributed by atoms with Gasteiger partial charge in [-0.25, -0.2) is 4.98 Å². The number of thiazole rings is 1. The van der Waals surface area contributed by atoms with E-state index in [9.17, 15) is 4.79 Å². The Hall–Kier alpha value is -0.980. The topological polar surface area (TPSA) is 54.5 Å². The standard InChI is InChI=1S/C15H23N3O2S/c1-11-3-2-5-18(7-11)8-13-10-21-15(16-13)17-14(19)12-4-6-20-9-12/h10-12H,2-9H2,1H3,(H,16,17,19). The van der Waals surface area contributed by atoms with E-state index in [2.05, 4.69) is 27.5 Å². The minimum Gasteiger partial charge on any atom is -0.381 e. The van der Waals surface area contributed by atoms with Gasteiger partial charge in [-0.3, -0.25) is 9.69 Å². The van der Waals surface area contributed by atoms with E-state index in [4.69, 9.17) is 4.74 Å². The van der Waals surface area contributed by atoms with Gasteiger partial charge in [0.25, 0.3) is 0 Å². The number of piperidine rings is 1. The molecule has 0 bridgehead atoms. The van der Waals surface area contributed by atoms with Crippen LogP contribution in [0.1, 0.15) is 31.9 Å². The van der Waals surface area contributed by atoms with Crippen LogP contribution >= 0.6 is 11.3 Å². The lowest BCUT2D eigenvalue weighted by molar-refractivity contribution is -0.119. The van der Waals surface area contributed by atoms with Crippen LogP contribution in [-0.2, 0) is 16.1 Å². The van der Waals surface area contributed by atoms with Gasteiger partial charge in [0.15, 0.2) is 5.13 Å². The van der Waals surface area contributed by atoms with Crippen molar-refractivity contribution in [3.63, 3.8) is 0 Å². The molecule has 3 heterocycles. The van der Waals surface area contributed by atoms with Crippen LogP contribution in [0.2, 0.25) is 0 Å². The summed E-state index contributed by atoms with van der Waals surface area (Å²) in [6.07, 6.45) is 3.42. The van der Waals surface area contributed by atoms with E-state index in [0.717, 1.165) is 37.7 Å². The second-order valence-electron chi connectivity index (χ2n) is 6.18. The van der Waals surface area contributed by atoms with Gasteiger partial charge in [0.2, 0.25) is 5.91 Å². The summed E-state index contributed by atoms with van der Waals surface area (Å²) >= 11 is 1.52. The summed E-state index contributed by atoms with van der Waals surface area (Å²) in [5, 5.41) is 5.69. The molecule has 1 aromatic heterocycles. The van der Waals surface area contributed by atoms with Gasteiger partial charge >= 0.3 is 0 Å². The number of rotatable bonds is 4. The molecule has 21 heavy (non-hydrogen) atoms. The quantitative estimate of drug-likeness (QED) is 0.927. The van der Waals surface area contributed by atoms with Crippen LogP contribution < -0.4 is 5.32 Å². The van der Waals surface area contributed by atoms with Gasteiger partial charge in [0, 0.05) is 25.1 Å². The molecule has 0 spiro atoms. The summed E-state index contributed by atoms with van der Waals surface area (Å²) < 4.78 is 5.25. The Labute approximate surface area is 129 Å². The molecule has 5 nitrogen and oxygen atoms in total. The third-order valence-corrected chi connectivity index (χ3v) is 5.02. The van der Waals surface area contributed by atoms with Gasteiger partial charge in [-0.1, -0.05) is 6.92 Å². The number of nitrogens with one attached hydrogen (secondary N) is 1. The third-order valence-electron chi connectivity index (χ3n) is 4.21. The Morgan fingerprint density at radius 1 is 1.57 bits per heavy atom. The number of hydrogen-bond acceptors (Lipinski definition) is 5. The minimum absolute atomic E-state index is 0.0136. The molecule has 116 valence electrons. The predicted octanol–water partition coefficient (Wildman–Crippen LogP) is 2.35. The first-order valence-electron chi connectivity index (χ1n) is 7.76. The van der Waals surface area contributed by atoms with E-state index < -0.39 is 0 Å². The molecule has 1 amide bonds. The summed E-state index contributed by atoms with van der Waals surface area (Å²) in [5.41, 5.74) is 1.06. The van der Waals surface area contributed by atoms with Crippen LogP contribution in [0.5, 0.6) is 0 Å². The molecule has 0 aliphatic carbocycles. The average Bonchev–Trinajstić information content (AvgIpc) is 3.10. The first kappa shape index (κ1) is 14.9. The van der Waals surface area contributed by atoms with E-state index in [1.165, 1.54) is 24.2 Å². The molecule has 2 fully saturated rings. The smallest absolute Gasteiger partial charge is 0.231 e. The van der Waals surface area contributed by atoms with E-state index in [-0.39, 0.29) is 11.8 Å². The van der Waals surface area contributed by atoms with Crippen LogP contribution in [0.4, 0.5) is 5.13 Å². The van der Waals surface area contributed by atoms with E-state index in [0.29, 0.717) is 18.3 Å². The fraction of sp³-hybridized carbons (Fsp3) is 0.733. The summed E-state index contributed by atoms with van der Waals surface area (Å²) in [4.78, 5) is 19.0. The lowest BCUT2D eigenvalue weighted by Crippen LogP contribution is -2.33. The van der Waals surface area contributed by atoms with Gasteiger partial charge in [-0.2, -0.15) is 0 Å². The fourth-order valence-electron chi connectivity index (χ4n) is 3.05.